The van der Waals surface area contributed by atoms with Gasteiger partial charge in [-0.05, 0) is 28.5 Å². The summed E-state index contributed by atoms with van der Waals surface area (Å²) in [4.78, 5) is 0. The summed E-state index contributed by atoms with van der Waals surface area (Å²) in [6.45, 7) is 9.74. The van der Waals surface area contributed by atoms with E-state index in [1.807, 2.05) is 7.11 Å². The molecular formula is C21H32O2. The molecule has 0 fully saturated rings. The van der Waals surface area contributed by atoms with E-state index in [4.69, 9.17) is 9.47 Å². The Morgan fingerprint density at radius 1 is 1.17 bits per heavy atom. The fourth-order valence-corrected chi connectivity index (χ4v) is 3.87. The normalized spacial score (nSPS) is 21.5. The van der Waals surface area contributed by atoms with Gasteiger partial charge in [0.05, 0.1) is 18.1 Å². The number of hydrogen-bond acceptors (Lipinski definition) is 2. The summed E-state index contributed by atoms with van der Waals surface area (Å²) in [5, 5.41) is 0. The van der Waals surface area contributed by atoms with Crippen molar-refractivity contribution >= 4 is 6.08 Å². The van der Waals surface area contributed by atoms with Gasteiger partial charge in [-0.15, -0.1) is 0 Å². The second kappa shape index (κ2) is 7.19. The van der Waals surface area contributed by atoms with E-state index in [0.717, 1.165) is 6.42 Å². The van der Waals surface area contributed by atoms with Gasteiger partial charge in [0.1, 0.15) is 0 Å². The highest BCUT2D eigenvalue weighted by molar-refractivity contribution is 5.69. The zero-order valence-corrected chi connectivity index (χ0v) is 15.6. The molecule has 2 rings (SSSR count). The molecule has 0 aromatic heterocycles. The van der Waals surface area contributed by atoms with Crippen LogP contribution in [0.5, 0.6) is 0 Å². The SMILES string of the molecule is CCCCC(OC)C1(COC)C=Cc2cccc(C(C)(C)C)c21. The highest BCUT2D eigenvalue weighted by atomic mass is 16.5. The van der Waals surface area contributed by atoms with E-state index in [9.17, 15) is 0 Å². The van der Waals surface area contributed by atoms with Crippen molar-refractivity contribution in [1.29, 1.82) is 0 Å². The van der Waals surface area contributed by atoms with Crippen LogP contribution in [0.3, 0.4) is 0 Å². The van der Waals surface area contributed by atoms with Crippen molar-refractivity contribution in [2.24, 2.45) is 0 Å². The Kier molecular flexibility index (Phi) is 5.70. The molecule has 128 valence electrons. The molecule has 1 aromatic rings. The van der Waals surface area contributed by atoms with E-state index in [1.165, 1.54) is 29.5 Å². The van der Waals surface area contributed by atoms with Crippen LogP contribution in [-0.2, 0) is 20.3 Å². The highest BCUT2D eigenvalue weighted by Gasteiger charge is 2.45. The summed E-state index contributed by atoms with van der Waals surface area (Å²) in [5.74, 6) is 0. The maximum atomic E-state index is 5.99. The molecule has 0 radical (unpaired) electrons. The van der Waals surface area contributed by atoms with E-state index in [-0.39, 0.29) is 16.9 Å². The molecule has 1 aliphatic carbocycles. The van der Waals surface area contributed by atoms with E-state index in [0.29, 0.717) is 6.61 Å². The third-order valence-electron chi connectivity index (χ3n) is 4.99. The summed E-state index contributed by atoms with van der Waals surface area (Å²) >= 11 is 0. The Balaban J connectivity index is 2.59. The van der Waals surface area contributed by atoms with Gasteiger partial charge in [0.2, 0.25) is 0 Å². The quantitative estimate of drug-likeness (QED) is 0.696. The monoisotopic (exact) mass is 316 g/mol. The van der Waals surface area contributed by atoms with E-state index >= 15 is 0 Å². The number of ether oxygens (including phenoxy) is 2. The Morgan fingerprint density at radius 2 is 1.91 bits per heavy atom. The van der Waals surface area contributed by atoms with Crippen LogP contribution < -0.4 is 0 Å². The minimum absolute atomic E-state index is 0.0966. The molecule has 1 aliphatic rings. The van der Waals surface area contributed by atoms with Crippen molar-refractivity contribution in [1.82, 2.24) is 0 Å². The number of methoxy groups -OCH3 is 2. The van der Waals surface area contributed by atoms with Gasteiger partial charge in [-0.1, -0.05) is 70.9 Å². The van der Waals surface area contributed by atoms with Crippen molar-refractivity contribution in [3.05, 3.63) is 41.0 Å². The molecule has 2 heteroatoms. The first kappa shape index (κ1) is 18.2. The molecule has 0 saturated heterocycles. The summed E-state index contributed by atoms with van der Waals surface area (Å²) in [5.41, 5.74) is 4.03. The standard InChI is InChI=1S/C21H32O2/c1-7-8-12-18(23-6)21(15-22-5)14-13-16-10-9-11-17(19(16)21)20(2,3)4/h9-11,13-14,18H,7-8,12,15H2,1-6H3. The molecule has 0 heterocycles. The lowest BCUT2D eigenvalue weighted by atomic mass is 9.70. The summed E-state index contributed by atoms with van der Waals surface area (Å²) in [7, 11) is 3.63. The summed E-state index contributed by atoms with van der Waals surface area (Å²) in [6, 6.07) is 6.65. The highest BCUT2D eigenvalue weighted by Crippen LogP contribution is 2.46. The smallest absolute Gasteiger partial charge is 0.0725 e. The van der Waals surface area contributed by atoms with Crippen LogP contribution in [0.15, 0.2) is 24.3 Å². The van der Waals surface area contributed by atoms with E-state index < -0.39 is 0 Å². The van der Waals surface area contributed by atoms with Crippen LogP contribution in [0, 0.1) is 0 Å². The topological polar surface area (TPSA) is 18.5 Å². The maximum Gasteiger partial charge on any atom is 0.0725 e. The van der Waals surface area contributed by atoms with Crippen LogP contribution >= 0.6 is 0 Å². The number of unbranched alkanes of at least 4 members (excludes halogenated alkanes) is 1. The van der Waals surface area contributed by atoms with Crippen molar-refractivity contribution in [3.63, 3.8) is 0 Å². The molecule has 23 heavy (non-hydrogen) atoms. The summed E-state index contributed by atoms with van der Waals surface area (Å²) in [6.07, 6.45) is 8.12. The minimum Gasteiger partial charge on any atom is -0.383 e. The van der Waals surface area contributed by atoms with Gasteiger partial charge in [-0.25, -0.2) is 0 Å². The molecule has 2 atom stereocenters. The fourth-order valence-electron chi connectivity index (χ4n) is 3.87. The van der Waals surface area contributed by atoms with Crippen LogP contribution in [0.1, 0.15) is 63.6 Å². The molecular weight excluding hydrogens is 284 g/mol. The van der Waals surface area contributed by atoms with Crippen molar-refractivity contribution in [2.75, 3.05) is 20.8 Å². The van der Waals surface area contributed by atoms with Crippen LogP contribution in [0.4, 0.5) is 0 Å². The van der Waals surface area contributed by atoms with Gasteiger partial charge in [0.15, 0.2) is 0 Å². The number of rotatable bonds is 7. The zero-order valence-electron chi connectivity index (χ0n) is 15.6. The molecule has 0 amide bonds. The van der Waals surface area contributed by atoms with Gasteiger partial charge >= 0.3 is 0 Å². The third kappa shape index (κ3) is 3.39. The van der Waals surface area contributed by atoms with E-state index in [2.05, 4.69) is 58.0 Å². The molecule has 0 aliphatic heterocycles. The zero-order chi connectivity index (χ0) is 17.1. The van der Waals surface area contributed by atoms with E-state index in [1.54, 1.807) is 7.11 Å². The van der Waals surface area contributed by atoms with Gasteiger partial charge in [-0.2, -0.15) is 0 Å². The first-order chi connectivity index (χ1) is 10.9. The Morgan fingerprint density at radius 3 is 2.48 bits per heavy atom. The lowest BCUT2D eigenvalue weighted by Crippen LogP contribution is -2.43. The first-order valence-electron chi connectivity index (χ1n) is 8.75. The molecule has 0 saturated carbocycles. The largest absolute Gasteiger partial charge is 0.383 e. The Bertz CT molecular complexity index is 553. The van der Waals surface area contributed by atoms with Crippen LogP contribution in [-0.4, -0.2) is 26.9 Å². The van der Waals surface area contributed by atoms with Gasteiger partial charge in [0, 0.05) is 14.2 Å². The predicted octanol–water partition coefficient (Wildman–Crippen LogP) is 5.10. The third-order valence-corrected chi connectivity index (χ3v) is 4.99. The molecule has 2 nitrogen and oxygen atoms in total. The predicted molar refractivity (Wildman–Crippen MR) is 98.1 cm³/mol. The maximum absolute atomic E-state index is 5.99. The lowest BCUT2D eigenvalue weighted by Gasteiger charge is -2.39. The van der Waals surface area contributed by atoms with Crippen molar-refractivity contribution in [2.45, 2.75) is 63.9 Å². The first-order valence-corrected chi connectivity index (χ1v) is 8.75. The van der Waals surface area contributed by atoms with Gasteiger partial charge < -0.3 is 9.47 Å². The Labute approximate surface area is 141 Å². The molecule has 0 spiro atoms. The average molecular weight is 316 g/mol. The fraction of sp³-hybridized carbons (Fsp3) is 0.619. The average Bonchev–Trinajstić information content (AvgIpc) is 2.87. The molecule has 2 unspecified atom stereocenters. The van der Waals surface area contributed by atoms with Crippen molar-refractivity contribution in [3.8, 4) is 0 Å². The number of fused-ring (bicyclic) bond motifs is 1. The van der Waals surface area contributed by atoms with Crippen molar-refractivity contribution < 1.29 is 9.47 Å². The number of hydrogen-bond donors (Lipinski definition) is 0. The summed E-state index contributed by atoms with van der Waals surface area (Å²) < 4.78 is 11.7. The molecule has 1 aromatic carbocycles. The van der Waals surface area contributed by atoms with Crippen LogP contribution in [0.25, 0.3) is 6.08 Å². The number of benzene rings is 1. The minimum atomic E-state index is -0.183. The molecule has 0 N–H and O–H groups in total. The second-order valence-corrected chi connectivity index (χ2v) is 7.69. The Hall–Kier alpha value is -1.12. The van der Waals surface area contributed by atoms with Crippen LogP contribution in [0.2, 0.25) is 0 Å². The second-order valence-electron chi connectivity index (χ2n) is 7.69. The lowest BCUT2D eigenvalue weighted by molar-refractivity contribution is 0.00709. The molecule has 0 bridgehead atoms. The van der Waals surface area contributed by atoms with Gasteiger partial charge in [-0.3, -0.25) is 0 Å². The van der Waals surface area contributed by atoms with Gasteiger partial charge in [0.25, 0.3) is 0 Å².